The van der Waals surface area contributed by atoms with Crippen molar-refractivity contribution < 1.29 is 23.2 Å². The number of carbonyl (C=O) groups excluding carboxylic acids is 3. The first-order valence-corrected chi connectivity index (χ1v) is 13.7. The van der Waals surface area contributed by atoms with Crippen LogP contribution in [-0.2, 0) is 11.3 Å². The fourth-order valence-corrected chi connectivity index (χ4v) is 5.34. The third-order valence-corrected chi connectivity index (χ3v) is 7.61. The Morgan fingerprint density at radius 3 is 2.23 bits per heavy atom. The van der Waals surface area contributed by atoms with E-state index in [1.54, 1.807) is 41.3 Å². The number of benzene rings is 3. The molecule has 3 aromatic carbocycles. The van der Waals surface area contributed by atoms with Crippen molar-refractivity contribution in [3.63, 3.8) is 0 Å². The summed E-state index contributed by atoms with van der Waals surface area (Å²) in [5.74, 6) is -1.65. The number of hydrogen-bond donors (Lipinski definition) is 2. The first-order chi connectivity index (χ1) is 19.4. The Morgan fingerprint density at radius 2 is 1.52 bits per heavy atom. The van der Waals surface area contributed by atoms with E-state index in [0.29, 0.717) is 43.1 Å². The molecule has 1 heterocycles. The predicted octanol–water partition coefficient (Wildman–Crippen LogP) is 4.99. The molecule has 3 aromatic rings. The molecule has 0 aromatic heterocycles. The second-order valence-electron chi connectivity index (χ2n) is 10.3. The summed E-state index contributed by atoms with van der Waals surface area (Å²) >= 11 is 0. The Kier molecular flexibility index (Phi) is 8.38. The van der Waals surface area contributed by atoms with Crippen molar-refractivity contribution >= 4 is 29.1 Å². The Bertz CT molecular complexity index is 1380. The van der Waals surface area contributed by atoms with E-state index in [-0.39, 0.29) is 41.6 Å². The maximum atomic E-state index is 14.2. The summed E-state index contributed by atoms with van der Waals surface area (Å²) in [4.78, 5) is 42.7. The average Bonchev–Trinajstić information content (AvgIpc) is 3.52. The molecule has 0 bridgehead atoms. The molecule has 0 unspecified atom stereocenters. The van der Waals surface area contributed by atoms with Gasteiger partial charge in [-0.3, -0.25) is 14.4 Å². The van der Waals surface area contributed by atoms with Crippen LogP contribution in [0.4, 0.5) is 20.2 Å². The molecule has 1 saturated heterocycles. The van der Waals surface area contributed by atoms with Crippen molar-refractivity contribution in [1.29, 1.82) is 0 Å². The molecule has 5 rings (SSSR count). The SMILES string of the molecule is O=C(NCc1ccc(F)cc1)c1cc(NC(=O)C2CCCC2)ccc1N1CCN(C(=O)c2ccccc2F)CC1. The second-order valence-corrected chi connectivity index (χ2v) is 10.3. The van der Waals surface area contributed by atoms with E-state index in [9.17, 15) is 23.2 Å². The van der Waals surface area contributed by atoms with Gasteiger partial charge in [-0.25, -0.2) is 8.78 Å². The zero-order chi connectivity index (χ0) is 28.1. The van der Waals surface area contributed by atoms with Crippen LogP contribution in [0.15, 0.2) is 66.7 Å². The molecule has 2 N–H and O–H groups in total. The molecule has 40 heavy (non-hydrogen) atoms. The largest absolute Gasteiger partial charge is 0.367 e. The standard InChI is InChI=1S/C31H32F2N4O3/c32-23-11-9-21(10-12-23)20-34-30(39)26-19-24(35-29(38)22-5-1-2-6-22)13-14-28(26)36-15-17-37(18-16-36)31(40)25-7-3-4-8-27(25)33/h3-4,7-14,19,22H,1-2,5-6,15-18,20H2,(H,34,39)(H,35,38). The van der Waals surface area contributed by atoms with E-state index >= 15 is 0 Å². The number of hydrogen-bond acceptors (Lipinski definition) is 4. The van der Waals surface area contributed by atoms with Crippen LogP contribution in [0.2, 0.25) is 0 Å². The average molecular weight is 547 g/mol. The lowest BCUT2D eigenvalue weighted by Gasteiger charge is -2.37. The minimum absolute atomic E-state index is 0.0181. The van der Waals surface area contributed by atoms with Crippen LogP contribution in [0.5, 0.6) is 0 Å². The van der Waals surface area contributed by atoms with Gasteiger partial charge in [-0.2, -0.15) is 0 Å². The Labute approximate surface area is 232 Å². The summed E-state index contributed by atoms with van der Waals surface area (Å²) in [7, 11) is 0. The summed E-state index contributed by atoms with van der Waals surface area (Å²) in [5.41, 5.74) is 2.40. The number of amides is 3. The molecule has 208 valence electrons. The van der Waals surface area contributed by atoms with E-state index in [1.807, 2.05) is 11.0 Å². The predicted molar refractivity (Wildman–Crippen MR) is 149 cm³/mol. The first-order valence-electron chi connectivity index (χ1n) is 13.7. The van der Waals surface area contributed by atoms with Gasteiger partial charge in [0.25, 0.3) is 11.8 Å². The van der Waals surface area contributed by atoms with Crippen LogP contribution < -0.4 is 15.5 Å². The number of piperazine rings is 1. The van der Waals surface area contributed by atoms with E-state index in [1.165, 1.54) is 24.3 Å². The van der Waals surface area contributed by atoms with Crippen LogP contribution in [0.1, 0.15) is 52.0 Å². The van der Waals surface area contributed by atoms with Gasteiger partial charge in [0.15, 0.2) is 0 Å². The van der Waals surface area contributed by atoms with Gasteiger partial charge >= 0.3 is 0 Å². The van der Waals surface area contributed by atoms with Crippen LogP contribution >= 0.6 is 0 Å². The number of carbonyl (C=O) groups is 3. The summed E-state index contributed by atoms with van der Waals surface area (Å²) in [6, 6.07) is 17.1. The van der Waals surface area contributed by atoms with Crippen molar-refractivity contribution in [2.24, 2.45) is 5.92 Å². The number of rotatable bonds is 7. The molecule has 3 amide bonds. The molecular formula is C31H32F2N4O3. The van der Waals surface area contributed by atoms with Gasteiger partial charge in [-0.05, 0) is 60.9 Å². The lowest BCUT2D eigenvalue weighted by molar-refractivity contribution is -0.119. The zero-order valence-electron chi connectivity index (χ0n) is 22.2. The summed E-state index contributed by atoms with van der Waals surface area (Å²) in [5, 5.41) is 5.86. The van der Waals surface area contributed by atoms with Crippen molar-refractivity contribution in [3.05, 3.63) is 95.1 Å². The van der Waals surface area contributed by atoms with Crippen LogP contribution in [0, 0.1) is 17.6 Å². The van der Waals surface area contributed by atoms with Crippen molar-refractivity contribution in [1.82, 2.24) is 10.2 Å². The quantitative estimate of drug-likeness (QED) is 0.438. The van der Waals surface area contributed by atoms with Crippen LogP contribution in [0.25, 0.3) is 0 Å². The number of anilines is 2. The summed E-state index contributed by atoms with van der Waals surface area (Å²) < 4.78 is 27.5. The maximum absolute atomic E-state index is 14.2. The van der Waals surface area contributed by atoms with Gasteiger partial charge in [0.1, 0.15) is 11.6 Å². The van der Waals surface area contributed by atoms with Crippen molar-refractivity contribution in [2.45, 2.75) is 32.2 Å². The van der Waals surface area contributed by atoms with Gasteiger partial charge in [0, 0.05) is 50.0 Å². The van der Waals surface area contributed by atoms with Gasteiger partial charge in [0.05, 0.1) is 11.1 Å². The molecule has 0 radical (unpaired) electrons. The normalized spacial score (nSPS) is 15.7. The smallest absolute Gasteiger partial charge is 0.256 e. The lowest BCUT2D eigenvalue weighted by atomic mass is 10.1. The van der Waals surface area contributed by atoms with E-state index in [2.05, 4.69) is 10.6 Å². The summed E-state index contributed by atoms with van der Waals surface area (Å²) in [6.45, 7) is 1.84. The number of nitrogens with one attached hydrogen (secondary N) is 2. The monoisotopic (exact) mass is 546 g/mol. The third-order valence-electron chi connectivity index (χ3n) is 7.61. The van der Waals surface area contributed by atoms with Gasteiger partial charge in [-0.1, -0.05) is 37.1 Å². The lowest BCUT2D eigenvalue weighted by Crippen LogP contribution is -2.49. The fraction of sp³-hybridized carbons (Fsp3) is 0.323. The minimum atomic E-state index is -0.551. The molecule has 9 heteroatoms. The summed E-state index contributed by atoms with van der Waals surface area (Å²) in [6.07, 6.45) is 3.81. The molecule has 1 aliphatic heterocycles. The number of nitrogens with zero attached hydrogens (tertiary/aromatic N) is 2. The van der Waals surface area contributed by atoms with Crippen molar-refractivity contribution in [3.8, 4) is 0 Å². The highest BCUT2D eigenvalue weighted by Gasteiger charge is 2.27. The van der Waals surface area contributed by atoms with E-state index in [4.69, 9.17) is 0 Å². The van der Waals surface area contributed by atoms with Crippen LogP contribution in [0.3, 0.4) is 0 Å². The first kappa shape index (κ1) is 27.3. The van der Waals surface area contributed by atoms with Gasteiger partial charge < -0.3 is 20.4 Å². The Morgan fingerprint density at radius 1 is 0.825 bits per heavy atom. The highest BCUT2D eigenvalue weighted by molar-refractivity contribution is 6.02. The van der Waals surface area contributed by atoms with E-state index < -0.39 is 5.82 Å². The van der Waals surface area contributed by atoms with Crippen molar-refractivity contribution in [2.75, 3.05) is 36.4 Å². The molecule has 1 aliphatic carbocycles. The fourth-order valence-electron chi connectivity index (χ4n) is 5.34. The highest BCUT2D eigenvalue weighted by atomic mass is 19.1. The van der Waals surface area contributed by atoms with Gasteiger partial charge in [0.2, 0.25) is 5.91 Å². The number of halogens is 2. The Hall–Kier alpha value is -4.27. The third kappa shape index (κ3) is 6.30. The Balaban J connectivity index is 1.32. The van der Waals surface area contributed by atoms with Crippen LogP contribution in [-0.4, -0.2) is 48.8 Å². The van der Waals surface area contributed by atoms with E-state index in [0.717, 1.165) is 31.2 Å². The van der Waals surface area contributed by atoms with Gasteiger partial charge in [-0.15, -0.1) is 0 Å². The molecule has 0 spiro atoms. The second kappa shape index (κ2) is 12.3. The molecule has 2 aliphatic rings. The molecular weight excluding hydrogens is 514 g/mol. The molecule has 1 saturated carbocycles. The zero-order valence-corrected chi connectivity index (χ0v) is 22.2. The molecule has 2 fully saturated rings. The minimum Gasteiger partial charge on any atom is -0.367 e. The topological polar surface area (TPSA) is 81.8 Å². The maximum Gasteiger partial charge on any atom is 0.256 e. The molecule has 0 atom stereocenters. The molecule has 7 nitrogen and oxygen atoms in total. The highest BCUT2D eigenvalue weighted by Crippen LogP contribution is 2.29.